The van der Waals surface area contributed by atoms with E-state index in [1.165, 1.54) is 17.0 Å². The number of carbonyl (C=O) groups excluding carboxylic acids is 4. The standard InChI is InChI=1S/C28H33FN4O8/c1-28(2,3)41-27(38)30-15-17-7-8-18(13-21(17)29)31-25(36)23(35)24-26(37)33(10-12-40-24)20-6-4-5-19(14-20)32-9-11-39-16-22(32)34/h4-8,13-14,23-24,35H,9-12,15-16H2,1-3H3,(H,30,38)(H,31,36). The summed E-state index contributed by atoms with van der Waals surface area (Å²) in [6.07, 6.45) is -4.09. The maximum atomic E-state index is 14.6. The number of aliphatic hydroxyl groups excluding tert-OH is 1. The number of benzene rings is 2. The second-order valence-corrected chi connectivity index (χ2v) is 10.5. The number of halogens is 1. The molecular weight excluding hydrogens is 539 g/mol. The van der Waals surface area contributed by atoms with Crippen LogP contribution in [0.1, 0.15) is 26.3 Å². The third-order valence-electron chi connectivity index (χ3n) is 6.26. The Morgan fingerprint density at radius 1 is 1.10 bits per heavy atom. The van der Waals surface area contributed by atoms with Crippen LogP contribution in [0.25, 0.3) is 0 Å². The van der Waals surface area contributed by atoms with Crippen molar-refractivity contribution >= 4 is 40.9 Å². The molecule has 13 heteroatoms. The van der Waals surface area contributed by atoms with Gasteiger partial charge in [0.25, 0.3) is 17.7 Å². The predicted molar refractivity (Wildman–Crippen MR) is 146 cm³/mol. The van der Waals surface area contributed by atoms with Crippen molar-refractivity contribution in [1.29, 1.82) is 0 Å². The van der Waals surface area contributed by atoms with Crippen LogP contribution in [0.3, 0.4) is 0 Å². The predicted octanol–water partition coefficient (Wildman–Crippen LogP) is 1.94. The minimum Gasteiger partial charge on any atom is -0.444 e. The highest BCUT2D eigenvalue weighted by Crippen LogP contribution is 2.27. The van der Waals surface area contributed by atoms with Crippen molar-refractivity contribution in [2.45, 2.75) is 45.1 Å². The van der Waals surface area contributed by atoms with Gasteiger partial charge in [0.1, 0.15) is 18.0 Å². The zero-order valence-electron chi connectivity index (χ0n) is 23.0. The van der Waals surface area contributed by atoms with E-state index in [9.17, 15) is 28.7 Å². The summed E-state index contributed by atoms with van der Waals surface area (Å²) in [7, 11) is 0. The van der Waals surface area contributed by atoms with E-state index in [0.29, 0.717) is 24.5 Å². The molecular formula is C28H33FN4O8. The highest BCUT2D eigenvalue weighted by molar-refractivity contribution is 6.04. The smallest absolute Gasteiger partial charge is 0.407 e. The monoisotopic (exact) mass is 572 g/mol. The molecule has 2 fully saturated rings. The molecule has 41 heavy (non-hydrogen) atoms. The molecule has 2 saturated heterocycles. The quantitative estimate of drug-likeness (QED) is 0.456. The zero-order valence-corrected chi connectivity index (χ0v) is 23.0. The molecule has 2 atom stereocenters. The van der Waals surface area contributed by atoms with Crippen LogP contribution in [0, 0.1) is 5.82 Å². The molecule has 4 amide bonds. The van der Waals surface area contributed by atoms with Gasteiger partial charge in [-0.15, -0.1) is 0 Å². The number of amides is 4. The summed E-state index contributed by atoms with van der Waals surface area (Å²) in [5, 5.41) is 15.5. The van der Waals surface area contributed by atoms with Crippen molar-refractivity contribution in [2.75, 3.05) is 48.0 Å². The summed E-state index contributed by atoms with van der Waals surface area (Å²) in [6.45, 7) is 5.94. The van der Waals surface area contributed by atoms with Gasteiger partial charge >= 0.3 is 6.09 Å². The SMILES string of the molecule is CC(C)(C)OC(=O)NCc1ccc(NC(=O)C(O)C2OCCN(c3cccc(N4CCOCC4=O)c3)C2=O)cc1F. The van der Waals surface area contributed by atoms with Gasteiger partial charge in [0.05, 0.1) is 13.2 Å². The number of hydrogen-bond donors (Lipinski definition) is 3. The molecule has 0 saturated carbocycles. The first-order valence-corrected chi connectivity index (χ1v) is 13.1. The van der Waals surface area contributed by atoms with E-state index in [-0.39, 0.29) is 43.5 Å². The van der Waals surface area contributed by atoms with Crippen LogP contribution in [-0.2, 0) is 35.1 Å². The van der Waals surface area contributed by atoms with Crippen molar-refractivity contribution in [3.8, 4) is 0 Å². The molecule has 0 bridgehead atoms. The molecule has 12 nitrogen and oxygen atoms in total. The minimum atomic E-state index is -1.88. The number of alkyl carbamates (subject to hydrolysis) is 1. The molecule has 2 aliphatic rings. The molecule has 0 spiro atoms. The largest absolute Gasteiger partial charge is 0.444 e. The number of hydrogen-bond acceptors (Lipinski definition) is 8. The number of nitrogens with one attached hydrogen (secondary N) is 2. The van der Waals surface area contributed by atoms with Gasteiger partial charge in [0, 0.05) is 42.3 Å². The Balaban J connectivity index is 1.38. The lowest BCUT2D eigenvalue weighted by Crippen LogP contribution is -2.55. The lowest BCUT2D eigenvalue weighted by Gasteiger charge is -2.35. The maximum absolute atomic E-state index is 14.6. The van der Waals surface area contributed by atoms with Gasteiger partial charge < -0.3 is 39.8 Å². The van der Waals surface area contributed by atoms with Crippen LogP contribution in [0.15, 0.2) is 42.5 Å². The normalized spacial score (nSPS) is 18.6. The minimum absolute atomic E-state index is 0.0281. The van der Waals surface area contributed by atoms with Gasteiger partial charge in [0.2, 0.25) is 0 Å². The van der Waals surface area contributed by atoms with Gasteiger partial charge in [-0.05, 0) is 51.1 Å². The number of ether oxygens (including phenoxy) is 3. The third kappa shape index (κ3) is 7.57. The second kappa shape index (κ2) is 12.6. The fourth-order valence-electron chi connectivity index (χ4n) is 4.31. The van der Waals surface area contributed by atoms with Crippen LogP contribution >= 0.6 is 0 Å². The lowest BCUT2D eigenvalue weighted by molar-refractivity contribution is -0.150. The van der Waals surface area contributed by atoms with Crippen LogP contribution in [-0.4, -0.2) is 79.6 Å². The summed E-state index contributed by atoms with van der Waals surface area (Å²) in [6, 6.07) is 10.6. The molecule has 220 valence electrons. The fraction of sp³-hybridized carbons (Fsp3) is 0.429. The Morgan fingerprint density at radius 2 is 1.80 bits per heavy atom. The van der Waals surface area contributed by atoms with E-state index in [1.54, 1.807) is 49.9 Å². The maximum Gasteiger partial charge on any atom is 0.407 e. The average Bonchev–Trinajstić information content (AvgIpc) is 2.92. The van der Waals surface area contributed by atoms with Crippen LogP contribution in [0.4, 0.5) is 26.2 Å². The van der Waals surface area contributed by atoms with E-state index in [0.717, 1.165) is 6.07 Å². The van der Waals surface area contributed by atoms with Crippen LogP contribution in [0.5, 0.6) is 0 Å². The second-order valence-electron chi connectivity index (χ2n) is 10.5. The van der Waals surface area contributed by atoms with Gasteiger partial charge in [-0.2, -0.15) is 0 Å². The number of aliphatic hydroxyl groups is 1. The number of carbonyl (C=O) groups is 4. The summed E-state index contributed by atoms with van der Waals surface area (Å²) in [4.78, 5) is 53.0. The molecule has 2 aliphatic heterocycles. The van der Waals surface area contributed by atoms with Gasteiger partial charge in [-0.25, -0.2) is 9.18 Å². The molecule has 3 N–H and O–H groups in total. The highest BCUT2D eigenvalue weighted by atomic mass is 19.1. The molecule has 2 aromatic carbocycles. The van der Waals surface area contributed by atoms with E-state index in [2.05, 4.69) is 10.6 Å². The topological polar surface area (TPSA) is 147 Å². The number of nitrogens with zero attached hydrogens (tertiary/aromatic N) is 2. The van der Waals surface area contributed by atoms with Crippen molar-refractivity contribution < 1.29 is 42.9 Å². The van der Waals surface area contributed by atoms with Crippen molar-refractivity contribution in [2.24, 2.45) is 0 Å². The lowest BCUT2D eigenvalue weighted by atomic mass is 10.1. The Labute approximate surface area is 236 Å². The first-order valence-electron chi connectivity index (χ1n) is 13.1. The molecule has 4 rings (SSSR count). The Morgan fingerprint density at radius 3 is 2.49 bits per heavy atom. The number of morpholine rings is 2. The highest BCUT2D eigenvalue weighted by Gasteiger charge is 2.39. The molecule has 2 unspecified atom stereocenters. The Hall–Kier alpha value is -4.07. The van der Waals surface area contributed by atoms with Crippen molar-refractivity contribution in [1.82, 2.24) is 5.32 Å². The number of anilines is 3. The van der Waals surface area contributed by atoms with Crippen LogP contribution < -0.4 is 20.4 Å². The van der Waals surface area contributed by atoms with Gasteiger partial charge in [0.15, 0.2) is 12.2 Å². The Kier molecular flexibility index (Phi) is 9.21. The van der Waals surface area contributed by atoms with E-state index in [1.807, 2.05) is 0 Å². The summed E-state index contributed by atoms with van der Waals surface area (Å²) in [5.41, 5.74) is 0.556. The van der Waals surface area contributed by atoms with Crippen molar-refractivity contribution in [3.05, 3.63) is 53.8 Å². The molecule has 2 aromatic rings. The number of rotatable bonds is 7. The summed E-state index contributed by atoms with van der Waals surface area (Å²) in [5.74, 6) is -2.51. The summed E-state index contributed by atoms with van der Waals surface area (Å²) < 4.78 is 30.4. The zero-order chi connectivity index (χ0) is 29.7. The average molecular weight is 573 g/mol. The first kappa shape index (κ1) is 29.9. The fourth-order valence-corrected chi connectivity index (χ4v) is 4.31. The Bertz CT molecular complexity index is 1310. The third-order valence-corrected chi connectivity index (χ3v) is 6.26. The summed E-state index contributed by atoms with van der Waals surface area (Å²) >= 11 is 0. The molecule has 2 heterocycles. The molecule has 0 aliphatic carbocycles. The first-order chi connectivity index (χ1) is 19.4. The molecule has 0 radical (unpaired) electrons. The van der Waals surface area contributed by atoms with E-state index < -0.39 is 41.5 Å². The molecule has 0 aromatic heterocycles. The van der Waals surface area contributed by atoms with Gasteiger partial charge in [-0.3, -0.25) is 14.4 Å². The van der Waals surface area contributed by atoms with Crippen LogP contribution in [0.2, 0.25) is 0 Å². The van der Waals surface area contributed by atoms with E-state index >= 15 is 0 Å². The van der Waals surface area contributed by atoms with Gasteiger partial charge in [-0.1, -0.05) is 12.1 Å². The van der Waals surface area contributed by atoms with E-state index in [4.69, 9.17) is 14.2 Å². The van der Waals surface area contributed by atoms with Crippen molar-refractivity contribution in [3.63, 3.8) is 0 Å².